The Morgan fingerprint density at radius 1 is 1.57 bits per heavy atom. The molecule has 0 bridgehead atoms. The summed E-state index contributed by atoms with van der Waals surface area (Å²) in [6.07, 6.45) is 4.18. The third-order valence-corrected chi connectivity index (χ3v) is 2.12. The standard InChI is InChI=1S/C10H12N4/c1-7-2-3-9-8(4-10(11)12)5-13-14(9)6-7/h2-3,5-6H,4H2,1H3,(H3,11,12). The molecule has 0 aliphatic carbocycles. The van der Waals surface area contributed by atoms with Crippen LogP contribution in [0.25, 0.3) is 5.52 Å². The average Bonchev–Trinajstić information content (AvgIpc) is 2.47. The van der Waals surface area contributed by atoms with E-state index in [1.165, 1.54) is 0 Å². The molecule has 0 aromatic carbocycles. The van der Waals surface area contributed by atoms with Gasteiger partial charge in [-0.05, 0) is 18.6 Å². The van der Waals surface area contributed by atoms with Crippen LogP contribution in [0, 0.1) is 12.3 Å². The van der Waals surface area contributed by atoms with E-state index < -0.39 is 0 Å². The summed E-state index contributed by atoms with van der Waals surface area (Å²) in [5, 5.41) is 11.4. The number of nitrogens with one attached hydrogen (secondary N) is 1. The van der Waals surface area contributed by atoms with Crippen molar-refractivity contribution in [2.45, 2.75) is 13.3 Å². The maximum absolute atomic E-state index is 7.23. The minimum Gasteiger partial charge on any atom is -0.387 e. The summed E-state index contributed by atoms with van der Waals surface area (Å²) < 4.78 is 1.81. The Bertz CT molecular complexity index is 484. The highest BCUT2D eigenvalue weighted by Crippen LogP contribution is 2.11. The van der Waals surface area contributed by atoms with Crippen molar-refractivity contribution < 1.29 is 0 Å². The van der Waals surface area contributed by atoms with Crippen LogP contribution >= 0.6 is 0 Å². The second kappa shape index (κ2) is 3.14. The van der Waals surface area contributed by atoms with Crippen LogP contribution < -0.4 is 5.73 Å². The third-order valence-electron chi connectivity index (χ3n) is 2.12. The van der Waals surface area contributed by atoms with Crippen LogP contribution in [0.5, 0.6) is 0 Å². The third kappa shape index (κ3) is 1.46. The van der Waals surface area contributed by atoms with Crippen LogP contribution in [0.2, 0.25) is 0 Å². The highest BCUT2D eigenvalue weighted by molar-refractivity contribution is 5.81. The van der Waals surface area contributed by atoms with Crippen LogP contribution in [0.3, 0.4) is 0 Å². The topological polar surface area (TPSA) is 67.2 Å². The average molecular weight is 188 g/mol. The molecule has 0 saturated carbocycles. The zero-order chi connectivity index (χ0) is 10.1. The van der Waals surface area contributed by atoms with E-state index in [4.69, 9.17) is 11.1 Å². The lowest BCUT2D eigenvalue weighted by molar-refractivity contribution is 0.952. The number of nitrogens with zero attached hydrogens (tertiary/aromatic N) is 2. The van der Waals surface area contributed by atoms with Crippen molar-refractivity contribution in [1.82, 2.24) is 9.61 Å². The van der Waals surface area contributed by atoms with E-state index in [9.17, 15) is 0 Å². The Hall–Kier alpha value is -1.84. The van der Waals surface area contributed by atoms with Gasteiger partial charge in [-0.15, -0.1) is 0 Å². The van der Waals surface area contributed by atoms with E-state index in [-0.39, 0.29) is 5.84 Å². The number of nitrogens with two attached hydrogens (primary N) is 1. The molecule has 2 aromatic heterocycles. The Morgan fingerprint density at radius 2 is 2.36 bits per heavy atom. The van der Waals surface area contributed by atoms with Crippen LogP contribution in [0.1, 0.15) is 11.1 Å². The SMILES string of the molecule is Cc1ccc2c(CC(=N)N)cnn2c1. The Kier molecular flexibility index (Phi) is 1.96. The number of fused-ring (bicyclic) bond motifs is 1. The van der Waals surface area contributed by atoms with Gasteiger partial charge in [0, 0.05) is 18.2 Å². The van der Waals surface area contributed by atoms with Gasteiger partial charge >= 0.3 is 0 Å². The van der Waals surface area contributed by atoms with E-state index in [2.05, 4.69) is 5.10 Å². The number of rotatable bonds is 2. The van der Waals surface area contributed by atoms with Gasteiger partial charge in [0.15, 0.2) is 0 Å². The molecule has 4 heteroatoms. The molecule has 2 rings (SSSR count). The van der Waals surface area contributed by atoms with Crippen molar-refractivity contribution >= 4 is 11.4 Å². The van der Waals surface area contributed by atoms with Crippen molar-refractivity contribution in [3.05, 3.63) is 35.7 Å². The lowest BCUT2D eigenvalue weighted by Crippen LogP contribution is -2.12. The first-order valence-corrected chi connectivity index (χ1v) is 4.42. The molecule has 0 radical (unpaired) electrons. The lowest BCUT2D eigenvalue weighted by Gasteiger charge is -1.98. The second-order valence-corrected chi connectivity index (χ2v) is 3.41. The van der Waals surface area contributed by atoms with Crippen LogP contribution in [0.15, 0.2) is 24.5 Å². The van der Waals surface area contributed by atoms with Gasteiger partial charge in [0.2, 0.25) is 0 Å². The zero-order valence-corrected chi connectivity index (χ0v) is 7.99. The number of pyridine rings is 1. The number of aryl methyl sites for hydroxylation is 1. The Morgan fingerprint density at radius 3 is 3.07 bits per heavy atom. The summed E-state index contributed by atoms with van der Waals surface area (Å²) in [7, 11) is 0. The maximum atomic E-state index is 7.23. The lowest BCUT2D eigenvalue weighted by atomic mass is 10.2. The molecule has 2 heterocycles. The Balaban J connectivity index is 2.52. The molecule has 72 valence electrons. The maximum Gasteiger partial charge on any atom is 0.0951 e. The molecule has 0 unspecified atom stereocenters. The summed E-state index contributed by atoms with van der Waals surface area (Å²) in [6, 6.07) is 4.03. The summed E-state index contributed by atoms with van der Waals surface area (Å²) in [4.78, 5) is 0. The predicted octanol–water partition coefficient (Wildman–Crippen LogP) is 1.12. The molecule has 4 nitrogen and oxygen atoms in total. The van der Waals surface area contributed by atoms with E-state index in [1.54, 1.807) is 6.20 Å². The summed E-state index contributed by atoms with van der Waals surface area (Å²) >= 11 is 0. The molecular weight excluding hydrogens is 176 g/mol. The first-order chi connectivity index (χ1) is 6.66. The van der Waals surface area contributed by atoms with Crippen molar-refractivity contribution in [2.24, 2.45) is 5.73 Å². The molecule has 2 aromatic rings. The predicted molar refractivity (Wildman–Crippen MR) is 55.5 cm³/mol. The smallest absolute Gasteiger partial charge is 0.0951 e. The highest BCUT2D eigenvalue weighted by atomic mass is 15.2. The molecular formula is C10H12N4. The van der Waals surface area contributed by atoms with Crippen LogP contribution in [0.4, 0.5) is 0 Å². The normalized spacial score (nSPS) is 10.6. The number of hydrogen-bond acceptors (Lipinski definition) is 2. The van der Waals surface area contributed by atoms with Gasteiger partial charge in [-0.1, -0.05) is 6.07 Å². The van der Waals surface area contributed by atoms with E-state index in [0.717, 1.165) is 16.6 Å². The molecule has 0 amide bonds. The molecule has 3 N–H and O–H groups in total. The minimum absolute atomic E-state index is 0.167. The van der Waals surface area contributed by atoms with Crippen LogP contribution in [-0.4, -0.2) is 15.4 Å². The quantitative estimate of drug-likeness (QED) is 0.547. The van der Waals surface area contributed by atoms with E-state index in [1.807, 2.05) is 29.8 Å². The Labute approximate surface area is 81.9 Å². The van der Waals surface area contributed by atoms with Crippen molar-refractivity contribution in [3.63, 3.8) is 0 Å². The van der Waals surface area contributed by atoms with Gasteiger partial charge in [0.1, 0.15) is 0 Å². The zero-order valence-electron chi connectivity index (χ0n) is 7.99. The molecule has 0 atom stereocenters. The molecule has 0 aliphatic heterocycles. The van der Waals surface area contributed by atoms with E-state index in [0.29, 0.717) is 6.42 Å². The van der Waals surface area contributed by atoms with Crippen molar-refractivity contribution in [1.29, 1.82) is 5.41 Å². The van der Waals surface area contributed by atoms with Gasteiger partial charge in [-0.2, -0.15) is 5.10 Å². The first kappa shape index (κ1) is 8.74. The van der Waals surface area contributed by atoms with Crippen LogP contribution in [-0.2, 0) is 6.42 Å². The number of amidine groups is 1. The fraction of sp³-hybridized carbons (Fsp3) is 0.200. The summed E-state index contributed by atoms with van der Waals surface area (Å²) in [5.41, 5.74) is 8.53. The van der Waals surface area contributed by atoms with Gasteiger partial charge in [0.25, 0.3) is 0 Å². The monoisotopic (exact) mass is 188 g/mol. The highest BCUT2D eigenvalue weighted by Gasteiger charge is 2.04. The second-order valence-electron chi connectivity index (χ2n) is 3.41. The van der Waals surface area contributed by atoms with E-state index >= 15 is 0 Å². The van der Waals surface area contributed by atoms with Gasteiger partial charge in [0.05, 0.1) is 17.5 Å². The minimum atomic E-state index is 0.167. The number of hydrogen-bond donors (Lipinski definition) is 2. The first-order valence-electron chi connectivity index (χ1n) is 4.42. The molecule has 0 fully saturated rings. The largest absolute Gasteiger partial charge is 0.387 e. The fourth-order valence-electron chi connectivity index (χ4n) is 1.48. The molecule has 0 saturated heterocycles. The van der Waals surface area contributed by atoms with Crippen molar-refractivity contribution in [3.8, 4) is 0 Å². The fourth-order valence-corrected chi connectivity index (χ4v) is 1.48. The summed E-state index contributed by atoms with van der Waals surface area (Å²) in [6.45, 7) is 2.02. The van der Waals surface area contributed by atoms with Crippen molar-refractivity contribution in [2.75, 3.05) is 0 Å². The van der Waals surface area contributed by atoms with Gasteiger partial charge < -0.3 is 5.73 Å². The van der Waals surface area contributed by atoms with Gasteiger partial charge in [-0.25, -0.2) is 4.52 Å². The number of aromatic nitrogens is 2. The summed E-state index contributed by atoms with van der Waals surface area (Å²) in [5.74, 6) is 0.167. The molecule has 0 aliphatic rings. The molecule has 0 spiro atoms. The van der Waals surface area contributed by atoms with Gasteiger partial charge in [-0.3, -0.25) is 5.41 Å². The molecule has 14 heavy (non-hydrogen) atoms.